The Kier molecular flexibility index (Phi) is 3.35. The zero-order valence-electron chi connectivity index (χ0n) is 11.3. The minimum atomic E-state index is -0.324. The molecule has 1 atom stereocenters. The average molecular weight is 264 g/mol. The summed E-state index contributed by atoms with van der Waals surface area (Å²) in [6.07, 6.45) is 1.79. The van der Waals surface area contributed by atoms with E-state index >= 15 is 0 Å². The number of fused-ring (bicyclic) bond motifs is 1. The van der Waals surface area contributed by atoms with Gasteiger partial charge in [-0.3, -0.25) is 4.79 Å². The molecule has 0 fully saturated rings. The highest BCUT2D eigenvalue weighted by Gasteiger charge is 2.22. The maximum Gasteiger partial charge on any atom is 0.186 e. The summed E-state index contributed by atoms with van der Waals surface area (Å²) in [5, 5.41) is 4.07. The summed E-state index contributed by atoms with van der Waals surface area (Å²) in [5.41, 5.74) is 2.69. The average Bonchev–Trinajstić information content (AvgIpc) is 2.93. The number of carbonyl (C=O) groups is 1. The number of hydrogen-bond acceptors (Lipinski definition) is 2. The fourth-order valence-electron chi connectivity index (χ4n) is 2.53. The van der Waals surface area contributed by atoms with Crippen LogP contribution < -0.4 is 5.32 Å². The Hall–Kier alpha value is -2.39. The Morgan fingerprint density at radius 2 is 1.75 bits per heavy atom. The molecule has 0 aliphatic rings. The number of nitrogens with one attached hydrogen (secondary N) is 2. The minimum absolute atomic E-state index is 0.0798. The SMILES string of the molecule is CN[C@@H](C(=O)c1c[nH]c2ccccc12)c1ccccc1. The van der Waals surface area contributed by atoms with E-state index < -0.39 is 0 Å². The molecule has 2 N–H and O–H groups in total. The molecule has 3 nitrogen and oxygen atoms in total. The van der Waals surface area contributed by atoms with Crippen molar-refractivity contribution in [2.24, 2.45) is 0 Å². The molecule has 0 saturated heterocycles. The van der Waals surface area contributed by atoms with Crippen LogP contribution in [0.25, 0.3) is 10.9 Å². The van der Waals surface area contributed by atoms with Gasteiger partial charge in [-0.15, -0.1) is 0 Å². The lowest BCUT2D eigenvalue weighted by Gasteiger charge is -2.14. The Balaban J connectivity index is 2.03. The molecule has 1 heterocycles. The molecule has 0 aliphatic carbocycles. The van der Waals surface area contributed by atoms with Gasteiger partial charge in [0, 0.05) is 22.7 Å². The lowest BCUT2D eigenvalue weighted by Crippen LogP contribution is -2.25. The van der Waals surface area contributed by atoms with Gasteiger partial charge in [-0.25, -0.2) is 0 Å². The number of aromatic amines is 1. The summed E-state index contributed by atoms with van der Waals surface area (Å²) in [6.45, 7) is 0. The van der Waals surface area contributed by atoms with Crippen LogP contribution in [0, 0.1) is 0 Å². The van der Waals surface area contributed by atoms with E-state index in [1.54, 1.807) is 6.20 Å². The maximum atomic E-state index is 12.8. The topological polar surface area (TPSA) is 44.9 Å². The quantitative estimate of drug-likeness (QED) is 0.710. The first-order valence-corrected chi connectivity index (χ1v) is 6.64. The van der Waals surface area contributed by atoms with Gasteiger partial charge in [0.15, 0.2) is 5.78 Å². The van der Waals surface area contributed by atoms with Crippen LogP contribution in [0.1, 0.15) is 22.0 Å². The molecular weight excluding hydrogens is 248 g/mol. The monoisotopic (exact) mass is 264 g/mol. The highest BCUT2D eigenvalue weighted by atomic mass is 16.1. The van der Waals surface area contributed by atoms with Crippen molar-refractivity contribution in [3.8, 4) is 0 Å². The van der Waals surface area contributed by atoms with Crippen molar-refractivity contribution in [1.82, 2.24) is 10.3 Å². The van der Waals surface area contributed by atoms with Crippen molar-refractivity contribution in [1.29, 1.82) is 0 Å². The third-order valence-electron chi connectivity index (χ3n) is 3.54. The summed E-state index contributed by atoms with van der Waals surface area (Å²) in [6, 6.07) is 17.3. The first-order chi connectivity index (χ1) is 9.81. The number of Topliss-reactive ketones (excluding diaryl/α,β-unsaturated/α-hetero) is 1. The zero-order valence-corrected chi connectivity index (χ0v) is 11.3. The summed E-state index contributed by atoms with van der Waals surface area (Å²) in [7, 11) is 1.81. The predicted molar refractivity (Wildman–Crippen MR) is 80.9 cm³/mol. The number of para-hydroxylation sites is 1. The molecule has 0 saturated carbocycles. The third kappa shape index (κ3) is 2.12. The number of H-pyrrole nitrogens is 1. The third-order valence-corrected chi connectivity index (χ3v) is 3.54. The van der Waals surface area contributed by atoms with Gasteiger partial charge in [-0.2, -0.15) is 0 Å². The molecule has 0 amide bonds. The summed E-state index contributed by atoms with van der Waals surface area (Å²) < 4.78 is 0. The van der Waals surface area contributed by atoms with Gasteiger partial charge in [-0.1, -0.05) is 48.5 Å². The van der Waals surface area contributed by atoms with E-state index in [4.69, 9.17) is 0 Å². The number of rotatable bonds is 4. The molecular formula is C17H16N2O. The summed E-state index contributed by atoms with van der Waals surface area (Å²) >= 11 is 0. The van der Waals surface area contributed by atoms with Gasteiger partial charge in [0.05, 0.1) is 6.04 Å². The standard InChI is InChI=1S/C17H16N2O/c1-18-16(12-7-3-2-4-8-12)17(20)14-11-19-15-10-6-5-9-13(14)15/h2-11,16,18-19H,1H3/t16-/m1/s1. The number of aromatic nitrogens is 1. The highest BCUT2D eigenvalue weighted by molar-refractivity contribution is 6.10. The Morgan fingerprint density at radius 1 is 1.05 bits per heavy atom. The molecule has 3 heteroatoms. The van der Waals surface area contributed by atoms with Gasteiger partial charge in [0.1, 0.15) is 0 Å². The second-order valence-electron chi connectivity index (χ2n) is 4.74. The lowest BCUT2D eigenvalue weighted by molar-refractivity contribution is 0.0949. The summed E-state index contributed by atoms with van der Waals surface area (Å²) in [5.74, 6) is 0.0798. The fourth-order valence-corrected chi connectivity index (χ4v) is 2.53. The largest absolute Gasteiger partial charge is 0.360 e. The highest BCUT2D eigenvalue weighted by Crippen LogP contribution is 2.24. The van der Waals surface area contributed by atoms with Gasteiger partial charge < -0.3 is 10.3 Å². The van der Waals surface area contributed by atoms with Crippen molar-refractivity contribution < 1.29 is 4.79 Å². The van der Waals surface area contributed by atoms with E-state index in [0.29, 0.717) is 0 Å². The van der Waals surface area contributed by atoms with Gasteiger partial charge >= 0.3 is 0 Å². The van der Waals surface area contributed by atoms with Crippen LogP contribution in [-0.4, -0.2) is 17.8 Å². The van der Waals surface area contributed by atoms with E-state index in [-0.39, 0.29) is 11.8 Å². The van der Waals surface area contributed by atoms with Crippen LogP contribution >= 0.6 is 0 Å². The van der Waals surface area contributed by atoms with E-state index in [9.17, 15) is 4.79 Å². The molecule has 0 radical (unpaired) electrons. The van der Waals surface area contributed by atoms with E-state index in [0.717, 1.165) is 22.0 Å². The van der Waals surface area contributed by atoms with Crippen LogP contribution in [0.4, 0.5) is 0 Å². The van der Waals surface area contributed by atoms with Crippen molar-refractivity contribution >= 4 is 16.7 Å². The Morgan fingerprint density at radius 3 is 2.50 bits per heavy atom. The molecule has 0 bridgehead atoms. The molecule has 0 aliphatic heterocycles. The normalized spacial score (nSPS) is 12.4. The van der Waals surface area contributed by atoms with E-state index in [1.807, 2.05) is 61.6 Å². The van der Waals surface area contributed by atoms with Crippen LogP contribution in [0.3, 0.4) is 0 Å². The van der Waals surface area contributed by atoms with Crippen molar-refractivity contribution in [2.45, 2.75) is 6.04 Å². The molecule has 3 aromatic rings. The number of carbonyl (C=O) groups excluding carboxylic acids is 1. The molecule has 0 spiro atoms. The predicted octanol–water partition coefficient (Wildman–Crippen LogP) is 3.31. The van der Waals surface area contributed by atoms with Gasteiger partial charge in [0.25, 0.3) is 0 Å². The first kappa shape index (κ1) is 12.6. The molecule has 2 aromatic carbocycles. The number of hydrogen-bond donors (Lipinski definition) is 2. The second kappa shape index (κ2) is 5.31. The number of ketones is 1. The smallest absolute Gasteiger partial charge is 0.186 e. The van der Waals surface area contributed by atoms with Crippen molar-refractivity contribution in [2.75, 3.05) is 7.05 Å². The Bertz CT molecular complexity index is 731. The van der Waals surface area contributed by atoms with Crippen molar-refractivity contribution in [3.63, 3.8) is 0 Å². The number of benzene rings is 2. The Labute approximate surface area is 117 Å². The molecule has 3 rings (SSSR count). The van der Waals surface area contributed by atoms with Gasteiger partial charge in [0.2, 0.25) is 0 Å². The fraction of sp³-hybridized carbons (Fsp3) is 0.118. The summed E-state index contributed by atoms with van der Waals surface area (Å²) in [4.78, 5) is 15.9. The van der Waals surface area contributed by atoms with E-state index in [1.165, 1.54) is 0 Å². The van der Waals surface area contributed by atoms with Crippen LogP contribution in [0.5, 0.6) is 0 Å². The molecule has 20 heavy (non-hydrogen) atoms. The molecule has 100 valence electrons. The minimum Gasteiger partial charge on any atom is -0.360 e. The van der Waals surface area contributed by atoms with E-state index in [2.05, 4.69) is 10.3 Å². The maximum absolute atomic E-state index is 12.8. The van der Waals surface area contributed by atoms with Crippen LogP contribution in [0.2, 0.25) is 0 Å². The lowest BCUT2D eigenvalue weighted by atomic mass is 9.97. The second-order valence-corrected chi connectivity index (χ2v) is 4.74. The zero-order chi connectivity index (χ0) is 13.9. The van der Waals surface area contributed by atoms with Crippen LogP contribution in [0.15, 0.2) is 60.8 Å². The van der Waals surface area contributed by atoms with Crippen LogP contribution in [-0.2, 0) is 0 Å². The molecule has 1 aromatic heterocycles. The first-order valence-electron chi connectivity index (χ1n) is 6.64. The van der Waals surface area contributed by atoms with Gasteiger partial charge in [-0.05, 0) is 18.7 Å². The number of likely N-dealkylation sites (N-methyl/N-ethyl adjacent to an activating group) is 1. The molecule has 0 unspecified atom stereocenters. The van der Waals surface area contributed by atoms with Crippen molar-refractivity contribution in [3.05, 3.63) is 71.9 Å².